The van der Waals surface area contributed by atoms with Crippen LogP contribution in [0.15, 0.2) is 55.1 Å². The minimum absolute atomic E-state index is 0.366. The second-order valence-electron chi connectivity index (χ2n) is 3.94. The van der Waals surface area contributed by atoms with Crippen LogP contribution in [-0.2, 0) is 0 Å². The average Bonchev–Trinajstić information content (AvgIpc) is 2.31. The quantitative estimate of drug-likeness (QED) is 0.737. The SMILES string of the molecule is C=CC[C@H]1CC=C[C@@H](c2ccccc2)N1. The molecule has 1 heteroatoms. The zero-order valence-electron chi connectivity index (χ0n) is 8.89. The largest absolute Gasteiger partial charge is 0.303 e. The molecule has 0 radical (unpaired) electrons. The lowest BCUT2D eigenvalue weighted by atomic mass is 9.98. The summed E-state index contributed by atoms with van der Waals surface area (Å²) in [5.74, 6) is 0. The topological polar surface area (TPSA) is 12.0 Å². The van der Waals surface area contributed by atoms with Crippen molar-refractivity contribution < 1.29 is 0 Å². The Morgan fingerprint density at radius 3 is 2.87 bits per heavy atom. The first-order chi connectivity index (χ1) is 7.40. The molecule has 1 aliphatic heterocycles. The van der Waals surface area contributed by atoms with Gasteiger partial charge in [0.2, 0.25) is 0 Å². The number of rotatable bonds is 3. The van der Waals surface area contributed by atoms with Crippen LogP contribution in [0.25, 0.3) is 0 Å². The Balaban J connectivity index is 2.08. The highest BCUT2D eigenvalue weighted by molar-refractivity contribution is 5.24. The fraction of sp³-hybridized carbons (Fsp3) is 0.286. The third kappa shape index (κ3) is 2.57. The molecule has 0 spiro atoms. The van der Waals surface area contributed by atoms with E-state index < -0.39 is 0 Å². The normalized spacial score (nSPS) is 25.1. The lowest BCUT2D eigenvalue weighted by Crippen LogP contribution is -2.33. The molecule has 1 aromatic carbocycles. The summed E-state index contributed by atoms with van der Waals surface area (Å²) in [4.78, 5) is 0. The fourth-order valence-electron chi connectivity index (χ4n) is 1.99. The van der Waals surface area contributed by atoms with Crippen molar-refractivity contribution in [1.29, 1.82) is 0 Å². The third-order valence-corrected chi connectivity index (χ3v) is 2.77. The molecule has 0 unspecified atom stereocenters. The molecule has 1 N–H and O–H groups in total. The van der Waals surface area contributed by atoms with Crippen molar-refractivity contribution in [3.05, 3.63) is 60.7 Å². The highest BCUT2D eigenvalue weighted by atomic mass is 15.0. The summed E-state index contributed by atoms with van der Waals surface area (Å²) in [7, 11) is 0. The Morgan fingerprint density at radius 2 is 2.13 bits per heavy atom. The molecule has 2 rings (SSSR count). The Bertz CT molecular complexity index is 340. The molecule has 0 amide bonds. The maximum Gasteiger partial charge on any atom is 0.0508 e. The van der Waals surface area contributed by atoms with E-state index in [0.29, 0.717) is 12.1 Å². The van der Waals surface area contributed by atoms with Gasteiger partial charge in [0, 0.05) is 6.04 Å². The molecule has 15 heavy (non-hydrogen) atoms. The lowest BCUT2D eigenvalue weighted by Gasteiger charge is -2.26. The second kappa shape index (κ2) is 4.94. The van der Waals surface area contributed by atoms with Crippen molar-refractivity contribution in [2.75, 3.05) is 0 Å². The zero-order chi connectivity index (χ0) is 10.5. The molecular formula is C14H17N. The van der Waals surface area contributed by atoms with E-state index in [0.717, 1.165) is 12.8 Å². The van der Waals surface area contributed by atoms with E-state index in [-0.39, 0.29) is 0 Å². The van der Waals surface area contributed by atoms with Gasteiger partial charge in [-0.1, -0.05) is 48.6 Å². The van der Waals surface area contributed by atoms with Crippen molar-refractivity contribution in [2.45, 2.75) is 24.9 Å². The van der Waals surface area contributed by atoms with Gasteiger partial charge in [-0.05, 0) is 18.4 Å². The summed E-state index contributed by atoms with van der Waals surface area (Å²) < 4.78 is 0. The first-order valence-corrected chi connectivity index (χ1v) is 5.48. The van der Waals surface area contributed by atoms with Crippen LogP contribution in [0.4, 0.5) is 0 Å². The molecule has 1 aromatic rings. The Kier molecular flexibility index (Phi) is 3.36. The Labute approximate surface area is 91.5 Å². The molecule has 1 nitrogen and oxygen atoms in total. The van der Waals surface area contributed by atoms with E-state index in [1.807, 2.05) is 6.08 Å². The van der Waals surface area contributed by atoms with E-state index >= 15 is 0 Å². The fourth-order valence-corrected chi connectivity index (χ4v) is 1.99. The van der Waals surface area contributed by atoms with E-state index in [9.17, 15) is 0 Å². The van der Waals surface area contributed by atoms with Crippen molar-refractivity contribution in [2.24, 2.45) is 0 Å². The lowest BCUT2D eigenvalue weighted by molar-refractivity contribution is 0.463. The molecule has 0 aliphatic carbocycles. The van der Waals surface area contributed by atoms with E-state index in [2.05, 4.69) is 54.4 Å². The van der Waals surface area contributed by atoms with E-state index in [1.165, 1.54) is 5.56 Å². The Morgan fingerprint density at radius 1 is 1.33 bits per heavy atom. The van der Waals surface area contributed by atoms with Crippen molar-refractivity contribution in [3.8, 4) is 0 Å². The third-order valence-electron chi connectivity index (χ3n) is 2.77. The summed E-state index contributed by atoms with van der Waals surface area (Å²) in [5, 5.41) is 3.61. The van der Waals surface area contributed by atoms with Crippen molar-refractivity contribution in [1.82, 2.24) is 5.32 Å². The molecule has 1 heterocycles. The first-order valence-electron chi connectivity index (χ1n) is 5.48. The number of nitrogens with one attached hydrogen (secondary N) is 1. The van der Waals surface area contributed by atoms with Gasteiger partial charge in [-0.15, -0.1) is 6.58 Å². The van der Waals surface area contributed by atoms with Crippen LogP contribution in [0.5, 0.6) is 0 Å². The number of hydrogen-bond donors (Lipinski definition) is 1. The van der Waals surface area contributed by atoms with Gasteiger partial charge in [0.1, 0.15) is 0 Å². The minimum atomic E-state index is 0.366. The van der Waals surface area contributed by atoms with E-state index in [1.54, 1.807) is 0 Å². The van der Waals surface area contributed by atoms with Gasteiger partial charge in [-0.3, -0.25) is 0 Å². The van der Waals surface area contributed by atoms with Crippen molar-refractivity contribution >= 4 is 0 Å². The zero-order valence-corrected chi connectivity index (χ0v) is 8.89. The van der Waals surface area contributed by atoms with Crippen LogP contribution in [0.1, 0.15) is 24.4 Å². The molecule has 0 aromatic heterocycles. The average molecular weight is 199 g/mol. The smallest absolute Gasteiger partial charge is 0.0508 e. The van der Waals surface area contributed by atoms with Gasteiger partial charge in [0.15, 0.2) is 0 Å². The molecule has 78 valence electrons. The highest BCUT2D eigenvalue weighted by Gasteiger charge is 2.16. The van der Waals surface area contributed by atoms with Crippen molar-refractivity contribution in [3.63, 3.8) is 0 Å². The Hall–Kier alpha value is -1.34. The molecule has 0 saturated carbocycles. The van der Waals surface area contributed by atoms with Crippen LogP contribution in [0.2, 0.25) is 0 Å². The molecule has 0 saturated heterocycles. The number of benzene rings is 1. The molecule has 0 fully saturated rings. The summed E-state index contributed by atoms with van der Waals surface area (Å²) in [6.07, 6.45) is 8.64. The van der Waals surface area contributed by atoms with Crippen LogP contribution >= 0.6 is 0 Å². The van der Waals surface area contributed by atoms with Gasteiger partial charge >= 0.3 is 0 Å². The van der Waals surface area contributed by atoms with Gasteiger partial charge in [-0.25, -0.2) is 0 Å². The second-order valence-corrected chi connectivity index (χ2v) is 3.94. The molecule has 1 aliphatic rings. The van der Waals surface area contributed by atoms with Crippen LogP contribution in [0, 0.1) is 0 Å². The predicted molar refractivity (Wildman–Crippen MR) is 64.7 cm³/mol. The van der Waals surface area contributed by atoms with Crippen LogP contribution in [-0.4, -0.2) is 6.04 Å². The maximum atomic E-state index is 3.79. The minimum Gasteiger partial charge on any atom is -0.303 e. The maximum absolute atomic E-state index is 3.79. The molecule has 0 bridgehead atoms. The molecular weight excluding hydrogens is 182 g/mol. The van der Waals surface area contributed by atoms with Gasteiger partial charge in [-0.2, -0.15) is 0 Å². The summed E-state index contributed by atoms with van der Waals surface area (Å²) in [5.41, 5.74) is 1.34. The summed E-state index contributed by atoms with van der Waals surface area (Å²) >= 11 is 0. The predicted octanol–water partition coefficient (Wildman–Crippen LogP) is 3.22. The summed E-state index contributed by atoms with van der Waals surface area (Å²) in [6, 6.07) is 11.5. The van der Waals surface area contributed by atoms with E-state index in [4.69, 9.17) is 0 Å². The standard InChI is InChI=1S/C14H17N/c1-2-7-13-10-6-11-14(15-13)12-8-4-3-5-9-12/h2-6,8-9,11,13-15H,1,7,10H2/t13-,14-/m0/s1. The highest BCUT2D eigenvalue weighted by Crippen LogP contribution is 2.20. The number of hydrogen-bond acceptors (Lipinski definition) is 1. The molecule has 2 atom stereocenters. The van der Waals surface area contributed by atoms with Crippen LogP contribution in [0.3, 0.4) is 0 Å². The van der Waals surface area contributed by atoms with Crippen LogP contribution < -0.4 is 5.32 Å². The van der Waals surface area contributed by atoms with Gasteiger partial charge in [0.05, 0.1) is 6.04 Å². The summed E-state index contributed by atoms with van der Waals surface area (Å²) in [6.45, 7) is 3.79. The monoisotopic (exact) mass is 199 g/mol. The van der Waals surface area contributed by atoms with Gasteiger partial charge < -0.3 is 5.32 Å². The first kappa shape index (κ1) is 10.2. The van der Waals surface area contributed by atoms with Gasteiger partial charge in [0.25, 0.3) is 0 Å².